The maximum Gasteiger partial charge on any atom is 0.123 e. The van der Waals surface area contributed by atoms with Gasteiger partial charge >= 0.3 is 0 Å². The molecule has 1 fully saturated rings. The summed E-state index contributed by atoms with van der Waals surface area (Å²) in [7, 11) is 0. The van der Waals surface area contributed by atoms with E-state index in [0.29, 0.717) is 12.6 Å². The van der Waals surface area contributed by atoms with Crippen LogP contribution < -0.4 is 5.32 Å². The molecule has 0 bridgehead atoms. The molecule has 1 aromatic carbocycles. The Hall–Kier alpha value is -0.930. The van der Waals surface area contributed by atoms with E-state index in [4.69, 9.17) is 4.74 Å². The van der Waals surface area contributed by atoms with E-state index in [1.807, 2.05) is 6.07 Å². The Kier molecular flexibility index (Phi) is 3.69. The highest BCUT2D eigenvalue weighted by Crippen LogP contribution is 2.08. The molecule has 1 saturated heterocycles. The molecule has 0 radical (unpaired) electrons. The first-order valence-corrected chi connectivity index (χ1v) is 5.40. The molecule has 0 spiro atoms. The standard InChI is InChI=1S/C12H16FNO/c13-11-4-1-3-10(7-11)8-15-9-12-5-2-6-14-12/h1,3-4,7,12,14H,2,5-6,8-9H2. The van der Waals surface area contributed by atoms with Crippen molar-refractivity contribution in [2.24, 2.45) is 0 Å². The molecular formula is C12H16FNO. The normalized spacial score (nSPS) is 20.7. The summed E-state index contributed by atoms with van der Waals surface area (Å²) in [5.74, 6) is -0.199. The van der Waals surface area contributed by atoms with E-state index in [2.05, 4.69) is 5.32 Å². The van der Waals surface area contributed by atoms with Crippen LogP contribution in [0.2, 0.25) is 0 Å². The Morgan fingerprint density at radius 2 is 2.40 bits per heavy atom. The zero-order valence-electron chi connectivity index (χ0n) is 8.71. The second-order valence-electron chi connectivity index (χ2n) is 3.94. The van der Waals surface area contributed by atoms with Crippen LogP contribution in [-0.4, -0.2) is 19.2 Å². The minimum Gasteiger partial charge on any atom is -0.375 e. The van der Waals surface area contributed by atoms with Crippen molar-refractivity contribution < 1.29 is 9.13 Å². The Bertz CT molecular complexity index is 310. The number of hydrogen-bond donors (Lipinski definition) is 1. The second kappa shape index (κ2) is 5.24. The molecule has 1 unspecified atom stereocenters. The number of hydrogen-bond acceptors (Lipinski definition) is 2. The van der Waals surface area contributed by atoms with E-state index in [-0.39, 0.29) is 5.82 Å². The average molecular weight is 209 g/mol. The van der Waals surface area contributed by atoms with Gasteiger partial charge in [-0.2, -0.15) is 0 Å². The van der Waals surface area contributed by atoms with Crippen molar-refractivity contribution in [3.05, 3.63) is 35.6 Å². The number of benzene rings is 1. The van der Waals surface area contributed by atoms with E-state index in [9.17, 15) is 4.39 Å². The zero-order chi connectivity index (χ0) is 10.5. The lowest BCUT2D eigenvalue weighted by molar-refractivity contribution is 0.103. The van der Waals surface area contributed by atoms with Crippen molar-refractivity contribution in [2.75, 3.05) is 13.2 Å². The summed E-state index contributed by atoms with van der Waals surface area (Å²) in [5, 5.41) is 3.36. The van der Waals surface area contributed by atoms with Gasteiger partial charge < -0.3 is 10.1 Å². The minimum atomic E-state index is -0.199. The third kappa shape index (κ3) is 3.29. The van der Waals surface area contributed by atoms with Gasteiger partial charge in [0.05, 0.1) is 13.2 Å². The van der Waals surface area contributed by atoms with Crippen molar-refractivity contribution >= 4 is 0 Å². The van der Waals surface area contributed by atoms with Crippen molar-refractivity contribution in [1.82, 2.24) is 5.32 Å². The van der Waals surface area contributed by atoms with E-state index in [0.717, 1.165) is 18.7 Å². The molecule has 0 aromatic heterocycles. The number of ether oxygens (including phenoxy) is 1. The molecule has 0 amide bonds. The average Bonchev–Trinajstić information content (AvgIpc) is 2.71. The quantitative estimate of drug-likeness (QED) is 0.820. The summed E-state index contributed by atoms with van der Waals surface area (Å²) in [6, 6.07) is 7.04. The van der Waals surface area contributed by atoms with Crippen LogP contribution in [0.3, 0.4) is 0 Å². The van der Waals surface area contributed by atoms with Gasteiger partial charge in [-0.25, -0.2) is 4.39 Å². The fourth-order valence-electron chi connectivity index (χ4n) is 1.84. The van der Waals surface area contributed by atoms with Gasteiger partial charge in [0.1, 0.15) is 5.82 Å². The van der Waals surface area contributed by atoms with Gasteiger partial charge in [0, 0.05) is 6.04 Å². The van der Waals surface area contributed by atoms with Crippen molar-refractivity contribution in [3.63, 3.8) is 0 Å². The molecule has 1 aromatic rings. The third-order valence-corrected chi connectivity index (χ3v) is 2.64. The van der Waals surface area contributed by atoms with Gasteiger partial charge in [-0.3, -0.25) is 0 Å². The molecule has 15 heavy (non-hydrogen) atoms. The summed E-state index contributed by atoms with van der Waals surface area (Å²) in [6.45, 7) is 2.31. The van der Waals surface area contributed by atoms with E-state index in [1.165, 1.54) is 25.0 Å². The molecular weight excluding hydrogens is 193 g/mol. The Balaban J connectivity index is 1.73. The fourth-order valence-corrected chi connectivity index (χ4v) is 1.84. The maximum atomic E-state index is 12.8. The molecule has 82 valence electrons. The van der Waals surface area contributed by atoms with Crippen LogP contribution in [-0.2, 0) is 11.3 Å². The van der Waals surface area contributed by atoms with Crippen LogP contribution in [0.4, 0.5) is 4.39 Å². The largest absolute Gasteiger partial charge is 0.375 e. The highest BCUT2D eigenvalue weighted by atomic mass is 19.1. The highest BCUT2D eigenvalue weighted by Gasteiger charge is 2.13. The van der Waals surface area contributed by atoms with E-state index in [1.54, 1.807) is 6.07 Å². The molecule has 1 atom stereocenters. The van der Waals surface area contributed by atoms with Gasteiger partial charge in [0.15, 0.2) is 0 Å². The smallest absolute Gasteiger partial charge is 0.123 e. The summed E-state index contributed by atoms with van der Waals surface area (Å²) in [6.07, 6.45) is 2.41. The molecule has 1 aliphatic rings. The first-order chi connectivity index (χ1) is 7.34. The third-order valence-electron chi connectivity index (χ3n) is 2.64. The maximum absolute atomic E-state index is 12.8. The van der Waals surface area contributed by atoms with Gasteiger partial charge in [-0.1, -0.05) is 12.1 Å². The summed E-state index contributed by atoms with van der Waals surface area (Å²) in [5.41, 5.74) is 0.896. The predicted octanol–water partition coefficient (Wildman–Crippen LogP) is 2.09. The van der Waals surface area contributed by atoms with E-state index >= 15 is 0 Å². The molecule has 3 heteroatoms. The minimum absolute atomic E-state index is 0.199. The number of nitrogens with one attached hydrogen (secondary N) is 1. The Morgan fingerprint density at radius 1 is 1.47 bits per heavy atom. The van der Waals surface area contributed by atoms with E-state index < -0.39 is 0 Å². The first-order valence-electron chi connectivity index (χ1n) is 5.40. The van der Waals surface area contributed by atoms with Crippen LogP contribution in [0.1, 0.15) is 18.4 Å². The lowest BCUT2D eigenvalue weighted by Gasteiger charge is -2.10. The zero-order valence-corrected chi connectivity index (χ0v) is 8.71. The van der Waals surface area contributed by atoms with Gasteiger partial charge in [0.25, 0.3) is 0 Å². The number of halogens is 1. The Morgan fingerprint density at radius 3 is 3.13 bits per heavy atom. The van der Waals surface area contributed by atoms with Crippen molar-refractivity contribution in [2.45, 2.75) is 25.5 Å². The van der Waals surface area contributed by atoms with Crippen LogP contribution in [0.25, 0.3) is 0 Å². The molecule has 2 rings (SSSR count). The van der Waals surface area contributed by atoms with Gasteiger partial charge in [0.2, 0.25) is 0 Å². The summed E-state index contributed by atoms with van der Waals surface area (Å²) in [4.78, 5) is 0. The molecule has 2 nitrogen and oxygen atoms in total. The van der Waals surface area contributed by atoms with Crippen LogP contribution in [0, 0.1) is 5.82 Å². The lowest BCUT2D eigenvalue weighted by Crippen LogP contribution is -2.26. The van der Waals surface area contributed by atoms with Crippen LogP contribution in [0.15, 0.2) is 24.3 Å². The summed E-state index contributed by atoms with van der Waals surface area (Å²) >= 11 is 0. The van der Waals surface area contributed by atoms with Gasteiger partial charge in [-0.05, 0) is 37.1 Å². The molecule has 1 aliphatic heterocycles. The van der Waals surface area contributed by atoms with Crippen molar-refractivity contribution in [1.29, 1.82) is 0 Å². The highest BCUT2D eigenvalue weighted by molar-refractivity contribution is 5.15. The number of rotatable bonds is 4. The molecule has 0 aliphatic carbocycles. The Labute approximate surface area is 89.4 Å². The van der Waals surface area contributed by atoms with Gasteiger partial charge in [-0.15, -0.1) is 0 Å². The van der Waals surface area contributed by atoms with Crippen LogP contribution >= 0.6 is 0 Å². The SMILES string of the molecule is Fc1cccc(COCC2CCCN2)c1. The molecule has 1 N–H and O–H groups in total. The van der Waals surface area contributed by atoms with Crippen LogP contribution in [0.5, 0.6) is 0 Å². The predicted molar refractivity (Wildman–Crippen MR) is 57.1 cm³/mol. The summed E-state index contributed by atoms with van der Waals surface area (Å²) < 4.78 is 18.4. The molecule has 0 saturated carbocycles. The van der Waals surface area contributed by atoms with Crippen molar-refractivity contribution in [3.8, 4) is 0 Å². The lowest BCUT2D eigenvalue weighted by atomic mass is 10.2. The first kappa shape index (κ1) is 10.6. The fraction of sp³-hybridized carbons (Fsp3) is 0.500. The monoisotopic (exact) mass is 209 g/mol. The second-order valence-corrected chi connectivity index (χ2v) is 3.94. The topological polar surface area (TPSA) is 21.3 Å². The molecule has 1 heterocycles.